The highest BCUT2D eigenvalue weighted by Gasteiger charge is 2.52. The molecule has 2 bridgehead atoms. The molecule has 0 aliphatic carbocycles. The van der Waals surface area contributed by atoms with Crippen molar-refractivity contribution in [3.05, 3.63) is 17.5 Å². The van der Waals surface area contributed by atoms with Crippen molar-refractivity contribution >= 4 is 23.5 Å². The van der Waals surface area contributed by atoms with E-state index in [2.05, 4.69) is 9.97 Å². The van der Waals surface area contributed by atoms with Crippen LogP contribution in [0.5, 0.6) is 0 Å². The van der Waals surface area contributed by atoms with Gasteiger partial charge in [-0.2, -0.15) is 0 Å². The van der Waals surface area contributed by atoms with Crippen LogP contribution in [-0.4, -0.2) is 57.9 Å². The summed E-state index contributed by atoms with van der Waals surface area (Å²) in [5, 5.41) is 0.300. The molecule has 138 valence electrons. The van der Waals surface area contributed by atoms with Crippen molar-refractivity contribution in [2.24, 2.45) is 0 Å². The van der Waals surface area contributed by atoms with Gasteiger partial charge in [-0.05, 0) is 40.0 Å². The summed E-state index contributed by atoms with van der Waals surface area (Å²) in [5.41, 5.74) is -0.588. The summed E-state index contributed by atoms with van der Waals surface area (Å²) in [7, 11) is 1.80. The van der Waals surface area contributed by atoms with Gasteiger partial charge in [-0.3, -0.25) is 4.90 Å². The summed E-state index contributed by atoms with van der Waals surface area (Å²) >= 11 is 5.77. The van der Waals surface area contributed by atoms with E-state index in [0.717, 1.165) is 6.42 Å². The molecule has 0 saturated carbocycles. The number of nitrogens with zero attached hydrogens (tertiary/aromatic N) is 4. The second-order valence-corrected chi connectivity index (χ2v) is 8.13. The molecule has 0 N–H and O–H groups in total. The van der Waals surface area contributed by atoms with Crippen molar-refractivity contribution in [1.82, 2.24) is 14.9 Å². The summed E-state index contributed by atoms with van der Waals surface area (Å²) < 4.78 is 20.7. The number of rotatable bonds is 2. The van der Waals surface area contributed by atoms with Crippen LogP contribution >= 0.6 is 11.6 Å². The van der Waals surface area contributed by atoms with Gasteiger partial charge in [0.15, 0.2) is 0 Å². The molecule has 2 saturated heterocycles. The molecule has 2 aliphatic heterocycles. The number of alkyl halides is 1. The van der Waals surface area contributed by atoms with Crippen molar-refractivity contribution in [3.8, 4) is 0 Å². The predicted molar refractivity (Wildman–Crippen MR) is 93.6 cm³/mol. The summed E-state index contributed by atoms with van der Waals surface area (Å²) in [5.74, 6) is 0.571. The first-order valence-corrected chi connectivity index (χ1v) is 8.91. The van der Waals surface area contributed by atoms with Crippen LogP contribution in [-0.2, 0) is 4.74 Å². The molecule has 3 heterocycles. The minimum absolute atomic E-state index is 0.0143. The molecule has 0 radical (unpaired) electrons. The number of halogens is 2. The normalized spacial score (nSPS) is 28.8. The number of carbonyl (C=O) groups is 1. The fraction of sp³-hybridized carbons (Fsp3) is 0.706. The Morgan fingerprint density at radius 1 is 1.36 bits per heavy atom. The zero-order valence-corrected chi connectivity index (χ0v) is 15.7. The first-order chi connectivity index (χ1) is 11.7. The van der Waals surface area contributed by atoms with Crippen molar-refractivity contribution in [2.75, 3.05) is 11.9 Å². The van der Waals surface area contributed by atoms with Gasteiger partial charge >= 0.3 is 6.09 Å². The molecule has 4 atom stereocenters. The van der Waals surface area contributed by atoms with Gasteiger partial charge in [0.1, 0.15) is 22.7 Å². The maximum absolute atomic E-state index is 15.2. The maximum Gasteiger partial charge on any atom is 0.410 e. The van der Waals surface area contributed by atoms with Crippen LogP contribution in [0.15, 0.2) is 12.4 Å². The highest BCUT2D eigenvalue weighted by molar-refractivity contribution is 6.29. The van der Waals surface area contributed by atoms with Gasteiger partial charge in [0.2, 0.25) is 0 Å². The fourth-order valence-electron chi connectivity index (χ4n) is 3.75. The number of hydrogen-bond donors (Lipinski definition) is 0. The third-order valence-electron chi connectivity index (χ3n) is 4.86. The van der Waals surface area contributed by atoms with Gasteiger partial charge in [-0.25, -0.2) is 19.2 Å². The Hall–Kier alpha value is -1.63. The lowest BCUT2D eigenvalue weighted by Crippen LogP contribution is -2.59. The number of hydrogen-bond acceptors (Lipinski definition) is 5. The quantitative estimate of drug-likeness (QED) is 0.798. The average Bonchev–Trinajstić information content (AvgIpc) is 2.87. The van der Waals surface area contributed by atoms with E-state index in [-0.39, 0.29) is 12.1 Å². The van der Waals surface area contributed by atoms with Crippen LogP contribution < -0.4 is 4.90 Å². The number of anilines is 1. The SMILES string of the molecule is CN(c1cnc(Cl)cn1)C1C[C@H]2CC[C@@H]([C@@H]1F)N2C(=O)OC(C)(C)C. The van der Waals surface area contributed by atoms with E-state index in [1.54, 1.807) is 16.8 Å². The van der Waals surface area contributed by atoms with E-state index in [9.17, 15) is 4.79 Å². The molecule has 3 rings (SSSR count). The maximum atomic E-state index is 15.2. The van der Waals surface area contributed by atoms with Crippen LogP contribution in [0.25, 0.3) is 0 Å². The second kappa shape index (κ2) is 6.59. The van der Waals surface area contributed by atoms with Crippen LogP contribution in [0, 0.1) is 0 Å². The largest absolute Gasteiger partial charge is 0.444 e. The van der Waals surface area contributed by atoms with E-state index in [1.165, 1.54) is 12.4 Å². The Kier molecular flexibility index (Phi) is 4.79. The number of aromatic nitrogens is 2. The second-order valence-electron chi connectivity index (χ2n) is 7.74. The summed E-state index contributed by atoms with van der Waals surface area (Å²) in [6.07, 6.45) is 3.38. The summed E-state index contributed by atoms with van der Waals surface area (Å²) in [4.78, 5) is 24.1. The van der Waals surface area contributed by atoms with Gasteiger partial charge in [-0.1, -0.05) is 11.6 Å². The number of amides is 1. The topological polar surface area (TPSA) is 58.6 Å². The summed E-state index contributed by atoms with van der Waals surface area (Å²) in [6, 6.07) is -0.826. The summed E-state index contributed by atoms with van der Waals surface area (Å²) in [6.45, 7) is 5.46. The van der Waals surface area contributed by atoms with Gasteiger partial charge in [0.05, 0.1) is 24.5 Å². The standard InChI is InChI=1S/C17H24ClFN4O2/c1-17(2,3)25-16(24)23-10-5-6-11(23)15(19)12(7-10)22(4)14-9-20-13(18)8-21-14/h8-12,15H,5-7H2,1-4H3/t10-,11+,12?,15+/m1/s1. The smallest absolute Gasteiger partial charge is 0.410 e. The highest BCUT2D eigenvalue weighted by atomic mass is 35.5. The molecule has 6 nitrogen and oxygen atoms in total. The third-order valence-corrected chi connectivity index (χ3v) is 5.06. The van der Waals surface area contributed by atoms with E-state index >= 15 is 4.39 Å². The molecule has 2 aliphatic rings. The monoisotopic (exact) mass is 370 g/mol. The first-order valence-electron chi connectivity index (χ1n) is 8.53. The Balaban J connectivity index is 1.76. The van der Waals surface area contributed by atoms with Gasteiger partial charge in [-0.15, -0.1) is 0 Å². The van der Waals surface area contributed by atoms with Gasteiger partial charge in [0.25, 0.3) is 0 Å². The van der Waals surface area contributed by atoms with E-state index in [0.29, 0.717) is 23.8 Å². The molecule has 1 aromatic heterocycles. The fourth-order valence-corrected chi connectivity index (χ4v) is 3.85. The lowest BCUT2D eigenvalue weighted by atomic mass is 9.94. The predicted octanol–water partition coefficient (Wildman–Crippen LogP) is 3.44. The molecular weight excluding hydrogens is 347 g/mol. The third kappa shape index (κ3) is 3.66. The molecule has 0 spiro atoms. The van der Waals surface area contributed by atoms with Crippen LogP contribution in [0.2, 0.25) is 5.15 Å². The van der Waals surface area contributed by atoms with Crippen molar-refractivity contribution < 1.29 is 13.9 Å². The average molecular weight is 371 g/mol. The van der Waals surface area contributed by atoms with Crippen LogP contribution in [0.1, 0.15) is 40.0 Å². The number of piperidine rings is 1. The Bertz CT molecular complexity index is 637. The van der Waals surface area contributed by atoms with Crippen molar-refractivity contribution in [2.45, 2.75) is 69.9 Å². The molecule has 1 unspecified atom stereocenters. The molecule has 0 aromatic carbocycles. The van der Waals surface area contributed by atoms with Gasteiger partial charge in [0, 0.05) is 13.1 Å². The zero-order chi connectivity index (χ0) is 18.4. The van der Waals surface area contributed by atoms with E-state index in [1.807, 2.05) is 20.8 Å². The highest BCUT2D eigenvalue weighted by Crippen LogP contribution is 2.40. The lowest BCUT2D eigenvalue weighted by molar-refractivity contribution is -0.0103. The van der Waals surface area contributed by atoms with Crippen molar-refractivity contribution in [3.63, 3.8) is 0 Å². The molecule has 2 fully saturated rings. The minimum Gasteiger partial charge on any atom is -0.444 e. The Labute approximate surface area is 152 Å². The van der Waals surface area contributed by atoms with Crippen molar-refractivity contribution in [1.29, 1.82) is 0 Å². The number of ether oxygens (including phenoxy) is 1. The number of carbonyl (C=O) groups excluding carboxylic acids is 1. The van der Waals surface area contributed by atoms with Crippen LogP contribution in [0.3, 0.4) is 0 Å². The molecule has 1 aromatic rings. The van der Waals surface area contributed by atoms with E-state index < -0.39 is 23.9 Å². The zero-order valence-electron chi connectivity index (χ0n) is 14.9. The van der Waals surface area contributed by atoms with E-state index in [4.69, 9.17) is 16.3 Å². The Morgan fingerprint density at radius 2 is 2.08 bits per heavy atom. The minimum atomic E-state index is -1.17. The molecular formula is C17H24ClFN4O2. The molecule has 1 amide bonds. The number of fused-ring (bicyclic) bond motifs is 2. The first kappa shape index (κ1) is 18.2. The van der Waals surface area contributed by atoms with Gasteiger partial charge < -0.3 is 9.64 Å². The molecule has 8 heteroatoms. The van der Waals surface area contributed by atoms with Crippen LogP contribution in [0.4, 0.5) is 15.0 Å². The molecule has 25 heavy (non-hydrogen) atoms. The Morgan fingerprint density at radius 3 is 2.68 bits per heavy atom. The lowest BCUT2D eigenvalue weighted by Gasteiger charge is -2.44.